The van der Waals surface area contributed by atoms with E-state index in [1.54, 1.807) is 11.3 Å². The SMILES string of the molecule is CC(C)N(/N=c1/oc2ccc(C(C)(C)C)cc2s1)C(C)C. The van der Waals surface area contributed by atoms with Gasteiger partial charge in [0.15, 0.2) is 0 Å². The average molecular weight is 306 g/mol. The molecule has 0 atom stereocenters. The highest BCUT2D eigenvalue weighted by Gasteiger charge is 2.15. The second kappa shape index (κ2) is 5.84. The fourth-order valence-electron chi connectivity index (χ4n) is 2.31. The summed E-state index contributed by atoms with van der Waals surface area (Å²) >= 11 is 1.62. The summed E-state index contributed by atoms with van der Waals surface area (Å²) in [6, 6.07) is 7.13. The Morgan fingerprint density at radius 3 is 2.24 bits per heavy atom. The molecule has 21 heavy (non-hydrogen) atoms. The molecule has 2 aromatic rings. The van der Waals surface area contributed by atoms with Crippen molar-refractivity contribution in [2.45, 2.75) is 66.0 Å². The maximum Gasteiger partial charge on any atom is 0.296 e. The summed E-state index contributed by atoms with van der Waals surface area (Å²) in [4.78, 5) is 0.721. The maximum absolute atomic E-state index is 5.88. The van der Waals surface area contributed by atoms with E-state index >= 15 is 0 Å². The minimum absolute atomic E-state index is 0.150. The Kier molecular flexibility index (Phi) is 4.47. The van der Waals surface area contributed by atoms with Crippen LogP contribution in [0.1, 0.15) is 54.0 Å². The molecule has 116 valence electrons. The van der Waals surface area contributed by atoms with Gasteiger partial charge in [0, 0.05) is 12.1 Å². The van der Waals surface area contributed by atoms with E-state index in [1.165, 1.54) is 5.56 Å². The summed E-state index contributed by atoms with van der Waals surface area (Å²) < 4.78 is 7.04. The number of rotatable bonds is 3. The van der Waals surface area contributed by atoms with Crippen molar-refractivity contribution in [1.29, 1.82) is 0 Å². The predicted molar refractivity (Wildman–Crippen MR) is 90.5 cm³/mol. The molecule has 0 unspecified atom stereocenters. The molecule has 0 aliphatic heterocycles. The molecule has 0 amide bonds. The monoisotopic (exact) mass is 306 g/mol. The third-order valence-corrected chi connectivity index (χ3v) is 4.34. The van der Waals surface area contributed by atoms with Crippen LogP contribution in [0.5, 0.6) is 0 Å². The van der Waals surface area contributed by atoms with Gasteiger partial charge in [-0.05, 0) is 50.8 Å². The fourth-order valence-corrected chi connectivity index (χ4v) is 3.16. The summed E-state index contributed by atoms with van der Waals surface area (Å²) in [7, 11) is 0. The van der Waals surface area contributed by atoms with Gasteiger partial charge in [-0.15, -0.1) is 5.10 Å². The second-order valence-electron chi connectivity index (χ2n) is 7.05. The lowest BCUT2D eigenvalue weighted by atomic mass is 9.87. The Morgan fingerprint density at radius 2 is 1.71 bits per heavy atom. The molecule has 1 heterocycles. The minimum Gasteiger partial charge on any atom is -0.428 e. The van der Waals surface area contributed by atoms with E-state index in [4.69, 9.17) is 4.42 Å². The van der Waals surface area contributed by atoms with Crippen molar-refractivity contribution >= 4 is 21.6 Å². The molecule has 0 spiro atoms. The van der Waals surface area contributed by atoms with Crippen molar-refractivity contribution in [3.05, 3.63) is 28.6 Å². The summed E-state index contributed by atoms with van der Waals surface area (Å²) in [5.74, 6) is 0. The zero-order chi connectivity index (χ0) is 15.8. The topological polar surface area (TPSA) is 28.7 Å². The smallest absolute Gasteiger partial charge is 0.296 e. The van der Waals surface area contributed by atoms with Crippen molar-refractivity contribution in [3.8, 4) is 0 Å². The molecule has 0 saturated carbocycles. The van der Waals surface area contributed by atoms with Crippen LogP contribution < -0.4 is 4.87 Å². The number of hydrogen-bond donors (Lipinski definition) is 0. The van der Waals surface area contributed by atoms with Crippen LogP contribution in [-0.4, -0.2) is 17.1 Å². The van der Waals surface area contributed by atoms with E-state index in [9.17, 15) is 0 Å². The van der Waals surface area contributed by atoms with Gasteiger partial charge < -0.3 is 4.42 Å². The van der Waals surface area contributed by atoms with Crippen LogP contribution in [0.3, 0.4) is 0 Å². The quantitative estimate of drug-likeness (QED) is 0.767. The number of nitrogens with zero attached hydrogens (tertiary/aromatic N) is 2. The molecule has 0 N–H and O–H groups in total. The second-order valence-corrected chi connectivity index (χ2v) is 8.04. The van der Waals surface area contributed by atoms with E-state index in [0.29, 0.717) is 12.1 Å². The van der Waals surface area contributed by atoms with Crippen molar-refractivity contribution in [3.63, 3.8) is 0 Å². The fraction of sp³-hybridized carbons (Fsp3) is 0.588. The Bertz CT molecular complexity index is 666. The van der Waals surface area contributed by atoms with Crippen LogP contribution >= 0.6 is 11.3 Å². The van der Waals surface area contributed by atoms with Crippen LogP contribution in [0.2, 0.25) is 0 Å². The van der Waals surface area contributed by atoms with Crippen molar-refractivity contribution in [2.24, 2.45) is 5.10 Å². The number of fused-ring (bicyclic) bond motifs is 1. The lowest BCUT2D eigenvalue weighted by molar-refractivity contribution is 0.169. The molecular formula is C17H26N2OS. The zero-order valence-corrected chi connectivity index (χ0v) is 14.9. The molecule has 1 aromatic heterocycles. The van der Waals surface area contributed by atoms with Gasteiger partial charge in [0.25, 0.3) is 4.87 Å². The lowest BCUT2D eigenvalue weighted by Gasteiger charge is -2.26. The van der Waals surface area contributed by atoms with Crippen LogP contribution in [0.25, 0.3) is 10.3 Å². The van der Waals surface area contributed by atoms with Crippen molar-refractivity contribution in [1.82, 2.24) is 5.01 Å². The molecule has 0 saturated heterocycles. The largest absolute Gasteiger partial charge is 0.428 e. The molecule has 0 aliphatic rings. The number of hydrogen-bond acceptors (Lipinski definition) is 4. The van der Waals surface area contributed by atoms with Gasteiger partial charge in [-0.2, -0.15) is 0 Å². The maximum atomic E-state index is 5.88. The Hall–Kier alpha value is -1.29. The molecule has 4 heteroatoms. The highest BCUT2D eigenvalue weighted by molar-refractivity contribution is 7.16. The van der Waals surface area contributed by atoms with E-state index in [1.807, 2.05) is 0 Å². The van der Waals surface area contributed by atoms with Gasteiger partial charge in [-0.25, -0.2) is 0 Å². The Balaban J connectivity index is 2.48. The molecule has 0 radical (unpaired) electrons. The van der Waals surface area contributed by atoms with Gasteiger partial charge in [0.1, 0.15) is 5.58 Å². The molecule has 0 bridgehead atoms. The normalized spacial score (nSPS) is 13.7. The van der Waals surface area contributed by atoms with Crippen molar-refractivity contribution in [2.75, 3.05) is 0 Å². The average Bonchev–Trinajstić information content (AvgIpc) is 2.75. The third kappa shape index (κ3) is 3.67. The standard InChI is InChI=1S/C17H26N2OS/c1-11(2)19(12(3)4)18-16-20-14-9-8-13(17(5,6)7)10-15(14)21-16/h8-12H,1-7H3/b18-16-. The van der Waals surface area contributed by atoms with Crippen LogP contribution in [0.15, 0.2) is 27.7 Å². The predicted octanol–water partition coefficient (Wildman–Crippen LogP) is 4.73. The van der Waals surface area contributed by atoms with Gasteiger partial charge in [0.05, 0.1) is 4.70 Å². The van der Waals surface area contributed by atoms with E-state index in [0.717, 1.165) is 15.2 Å². The molecule has 0 fully saturated rings. The summed E-state index contributed by atoms with van der Waals surface area (Å²) in [6.45, 7) is 15.3. The first-order chi connectivity index (χ1) is 9.68. The Morgan fingerprint density at radius 1 is 1.10 bits per heavy atom. The van der Waals surface area contributed by atoms with Crippen molar-refractivity contribution < 1.29 is 4.42 Å². The van der Waals surface area contributed by atoms with Gasteiger partial charge in [-0.3, -0.25) is 5.01 Å². The number of benzene rings is 1. The highest BCUT2D eigenvalue weighted by atomic mass is 32.1. The third-order valence-electron chi connectivity index (χ3n) is 3.46. The van der Waals surface area contributed by atoms with Gasteiger partial charge in [0.2, 0.25) is 0 Å². The first-order valence-electron chi connectivity index (χ1n) is 7.55. The van der Waals surface area contributed by atoms with Crippen LogP contribution in [0, 0.1) is 0 Å². The Labute approximate surface area is 131 Å². The van der Waals surface area contributed by atoms with Gasteiger partial charge >= 0.3 is 0 Å². The molecule has 1 aromatic carbocycles. The minimum atomic E-state index is 0.150. The summed E-state index contributed by atoms with van der Waals surface area (Å²) in [6.07, 6.45) is 0. The highest BCUT2D eigenvalue weighted by Crippen LogP contribution is 2.27. The van der Waals surface area contributed by atoms with E-state index in [-0.39, 0.29) is 5.41 Å². The molecule has 2 rings (SSSR count). The molecule has 0 aliphatic carbocycles. The molecular weight excluding hydrogens is 280 g/mol. The zero-order valence-electron chi connectivity index (χ0n) is 14.1. The van der Waals surface area contributed by atoms with E-state index < -0.39 is 0 Å². The summed E-state index contributed by atoms with van der Waals surface area (Å²) in [5, 5.41) is 6.75. The molecule has 3 nitrogen and oxygen atoms in total. The first kappa shape index (κ1) is 16.1. The van der Waals surface area contributed by atoms with E-state index in [2.05, 4.69) is 76.8 Å². The first-order valence-corrected chi connectivity index (χ1v) is 8.37. The lowest BCUT2D eigenvalue weighted by Crippen LogP contribution is -2.33. The van der Waals surface area contributed by atoms with Crippen LogP contribution in [-0.2, 0) is 5.41 Å². The van der Waals surface area contributed by atoms with Gasteiger partial charge in [-0.1, -0.05) is 38.2 Å². The summed E-state index contributed by atoms with van der Waals surface area (Å²) in [5.41, 5.74) is 2.39. The van der Waals surface area contributed by atoms with Crippen LogP contribution in [0.4, 0.5) is 0 Å².